The molecule has 0 saturated heterocycles. The van der Waals surface area contributed by atoms with Crippen LogP contribution in [0.2, 0.25) is 0 Å². The number of benzene rings is 1. The fraction of sp³-hybridized carbons (Fsp3) is 0.357. The zero-order valence-corrected chi connectivity index (χ0v) is 10.8. The number of hydrogen-bond acceptors (Lipinski definition) is 3. The largest absolute Gasteiger partial charge is 0.378 e. The summed E-state index contributed by atoms with van der Waals surface area (Å²) >= 11 is 0. The first-order valence-electron chi connectivity index (χ1n) is 6.08. The summed E-state index contributed by atoms with van der Waals surface area (Å²) in [5.41, 5.74) is 7.63. The van der Waals surface area contributed by atoms with Crippen molar-refractivity contribution in [2.45, 2.75) is 12.5 Å². The lowest BCUT2D eigenvalue weighted by Gasteiger charge is -2.15. The molecule has 2 unspecified atom stereocenters. The molecule has 0 aliphatic heterocycles. The predicted octanol–water partition coefficient (Wildman–Crippen LogP) is 1.59. The van der Waals surface area contributed by atoms with Gasteiger partial charge in [-0.05, 0) is 24.6 Å². The second-order valence-electron chi connectivity index (χ2n) is 4.82. The molecule has 1 aliphatic rings. The molecule has 0 bridgehead atoms. The van der Waals surface area contributed by atoms with Crippen LogP contribution in [0.1, 0.15) is 6.42 Å². The van der Waals surface area contributed by atoms with Crippen molar-refractivity contribution in [1.29, 1.82) is 0 Å². The summed E-state index contributed by atoms with van der Waals surface area (Å²) in [7, 11) is 3.94. The van der Waals surface area contributed by atoms with E-state index in [1.54, 1.807) is 0 Å². The summed E-state index contributed by atoms with van der Waals surface area (Å²) in [6.45, 7) is 0. The highest BCUT2D eigenvalue weighted by Crippen LogP contribution is 2.21. The molecule has 0 aromatic heterocycles. The van der Waals surface area contributed by atoms with Gasteiger partial charge in [0.1, 0.15) is 0 Å². The zero-order valence-electron chi connectivity index (χ0n) is 10.8. The molecule has 3 N–H and O–H groups in total. The Morgan fingerprint density at radius 3 is 2.78 bits per heavy atom. The van der Waals surface area contributed by atoms with Gasteiger partial charge in [0, 0.05) is 31.5 Å². The minimum atomic E-state index is -0.108. The normalized spacial score (nSPS) is 21.9. The number of amides is 1. The number of carbonyl (C=O) groups excluding carboxylic acids is 1. The summed E-state index contributed by atoms with van der Waals surface area (Å²) in [4.78, 5) is 14.0. The lowest BCUT2D eigenvalue weighted by Crippen LogP contribution is -2.24. The molecule has 4 heteroatoms. The van der Waals surface area contributed by atoms with Crippen LogP contribution in [0, 0.1) is 5.92 Å². The molecular weight excluding hydrogens is 226 g/mol. The first-order chi connectivity index (χ1) is 8.56. The van der Waals surface area contributed by atoms with E-state index in [1.807, 2.05) is 55.4 Å². The SMILES string of the molecule is CN(C)c1cccc(NC(=O)C2C=CC(N)C2)c1. The van der Waals surface area contributed by atoms with Gasteiger partial charge in [0.05, 0.1) is 5.92 Å². The molecule has 0 radical (unpaired) electrons. The van der Waals surface area contributed by atoms with Gasteiger partial charge in [0.2, 0.25) is 5.91 Å². The highest BCUT2D eigenvalue weighted by molar-refractivity contribution is 5.94. The summed E-state index contributed by atoms with van der Waals surface area (Å²) < 4.78 is 0. The van der Waals surface area contributed by atoms with E-state index in [4.69, 9.17) is 5.73 Å². The Kier molecular flexibility index (Phi) is 3.67. The molecule has 2 atom stereocenters. The molecule has 0 heterocycles. The first kappa shape index (κ1) is 12.6. The van der Waals surface area contributed by atoms with Crippen LogP contribution in [0.3, 0.4) is 0 Å². The van der Waals surface area contributed by atoms with Gasteiger partial charge in [-0.25, -0.2) is 0 Å². The molecule has 96 valence electrons. The van der Waals surface area contributed by atoms with Crippen molar-refractivity contribution in [2.24, 2.45) is 11.7 Å². The summed E-state index contributed by atoms with van der Waals surface area (Å²) in [5, 5.41) is 2.93. The fourth-order valence-electron chi connectivity index (χ4n) is 2.02. The molecule has 18 heavy (non-hydrogen) atoms. The van der Waals surface area contributed by atoms with Gasteiger partial charge in [0.25, 0.3) is 0 Å². The molecule has 0 saturated carbocycles. The van der Waals surface area contributed by atoms with Gasteiger partial charge in [-0.1, -0.05) is 18.2 Å². The minimum Gasteiger partial charge on any atom is -0.378 e. The Bertz CT molecular complexity index is 468. The number of anilines is 2. The summed E-state index contributed by atoms with van der Waals surface area (Å²) in [5.74, 6) is -0.0990. The summed E-state index contributed by atoms with van der Waals surface area (Å²) in [6, 6.07) is 7.79. The topological polar surface area (TPSA) is 58.4 Å². The Morgan fingerprint density at radius 1 is 1.39 bits per heavy atom. The van der Waals surface area contributed by atoms with Crippen molar-refractivity contribution >= 4 is 17.3 Å². The number of nitrogens with two attached hydrogens (primary N) is 1. The van der Waals surface area contributed by atoms with Crippen LogP contribution < -0.4 is 16.0 Å². The smallest absolute Gasteiger partial charge is 0.231 e. The number of nitrogens with zero attached hydrogens (tertiary/aromatic N) is 1. The van der Waals surface area contributed by atoms with Crippen LogP contribution in [-0.2, 0) is 4.79 Å². The zero-order chi connectivity index (χ0) is 13.1. The second-order valence-corrected chi connectivity index (χ2v) is 4.82. The highest BCUT2D eigenvalue weighted by Gasteiger charge is 2.22. The van der Waals surface area contributed by atoms with Gasteiger partial charge < -0.3 is 16.0 Å². The van der Waals surface area contributed by atoms with E-state index in [2.05, 4.69) is 5.32 Å². The molecule has 1 aliphatic carbocycles. The van der Waals surface area contributed by atoms with E-state index < -0.39 is 0 Å². The van der Waals surface area contributed by atoms with E-state index in [0.29, 0.717) is 6.42 Å². The third kappa shape index (κ3) is 2.90. The lowest BCUT2D eigenvalue weighted by molar-refractivity contribution is -0.118. The highest BCUT2D eigenvalue weighted by atomic mass is 16.1. The third-order valence-electron chi connectivity index (χ3n) is 3.08. The maximum Gasteiger partial charge on any atom is 0.231 e. The van der Waals surface area contributed by atoms with Gasteiger partial charge in [0.15, 0.2) is 0 Å². The molecule has 0 spiro atoms. The maximum absolute atomic E-state index is 12.0. The average molecular weight is 245 g/mol. The van der Waals surface area contributed by atoms with E-state index >= 15 is 0 Å². The van der Waals surface area contributed by atoms with Crippen LogP contribution in [-0.4, -0.2) is 26.0 Å². The third-order valence-corrected chi connectivity index (χ3v) is 3.08. The van der Waals surface area contributed by atoms with Crippen molar-refractivity contribution in [2.75, 3.05) is 24.3 Å². The van der Waals surface area contributed by atoms with E-state index in [-0.39, 0.29) is 17.9 Å². The lowest BCUT2D eigenvalue weighted by atomic mass is 10.1. The number of rotatable bonds is 3. The molecule has 0 fully saturated rings. The number of carbonyl (C=O) groups is 1. The summed E-state index contributed by atoms with van der Waals surface area (Å²) in [6.07, 6.45) is 4.47. The quantitative estimate of drug-likeness (QED) is 0.795. The van der Waals surface area contributed by atoms with Gasteiger partial charge in [-0.2, -0.15) is 0 Å². The van der Waals surface area contributed by atoms with Gasteiger partial charge >= 0.3 is 0 Å². The molecule has 1 aromatic carbocycles. The van der Waals surface area contributed by atoms with E-state index in [1.165, 1.54) is 0 Å². The molecule has 1 aromatic rings. The number of hydrogen-bond donors (Lipinski definition) is 2. The van der Waals surface area contributed by atoms with Crippen LogP contribution in [0.4, 0.5) is 11.4 Å². The van der Waals surface area contributed by atoms with Crippen molar-refractivity contribution in [1.82, 2.24) is 0 Å². The number of nitrogens with one attached hydrogen (secondary N) is 1. The minimum absolute atomic E-state index is 0.00820. The van der Waals surface area contributed by atoms with Gasteiger partial charge in [-0.15, -0.1) is 0 Å². The van der Waals surface area contributed by atoms with Crippen LogP contribution in [0.5, 0.6) is 0 Å². The van der Waals surface area contributed by atoms with Crippen LogP contribution in [0.25, 0.3) is 0 Å². The molecule has 4 nitrogen and oxygen atoms in total. The Hall–Kier alpha value is -1.81. The predicted molar refractivity (Wildman–Crippen MR) is 74.6 cm³/mol. The van der Waals surface area contributed by atoms with E-state index in [0.717, 1.165) is 11.4 Å². The molecule has 2 rings (SSSR count). The van der Waals surface area contributed by atoms with E-state index in [9.17, 15) is 4.79 Å². The van der Waals surface area contributed by atoms with Crippen molar-refractivity contribution in [3.05, 3.63) is 36.4 Å². The standard InChI is InChI=1S/C14H19N3O/c1-17(2)13-5-3-4-12(9-13)16-14(18)10-6-7-11(15)8-10/h3-7,9-11H,8,15H2,1-2H3,(H,16,18). The maximum atomic E-state index is 12.0. The van der Waals surface area contributed by atoms with Crippen LogP contribution in [0.15, 0.2) is 36.4 Å². The second kappa shape index (κ2) is 5.23. The Labute approximate surface area is 107 Å². The molecular formula is C14H19N3O. The molecule has 1 amide bonds. The Morgan fingerprint density at radius 2 is 2.17 bits per heavy atom. The van der Waals surface area contributed by atoms with Crippen molar-refractivity contribution in [3.8, 4) is 0 Å². The fourth-order valence-corrected chi connectivity index (χ4v) is 2.02. The average Bonchev–Trinajstić information content (AvgIpc) is 2.76. The van der Waals surface area contributed by atoms with Crippen LogP contribution >= 0.6 is 0 Å². The monoisotopic (exact) mass is 245 g/mol. The Balaban J connectivity index is 2.03. The van der Waals surface area contributed by atoms with Crippen molar-refractivity contribution in [3.63, 3.8) is 0 Å². The van der Waals surface area contributed by atoms with Crippen molar-refractivity contribution < 1.29 is 4.79 Å². The van der Waals surface area contributed by atoms with Gasteiger partial charge in [-0.3, -0.25) is 4.79 Å². The first-order valence-corrected chi connectivity index (χ1v) is 6.08.